The largest absolute Gasteiger partial charge is 0.350 e. The fraction of sp³-hybridized carbons (Fsp3) is 0. The van der Waals surface area contributed by atoms with E-state index in [2.05, 4.69) is 30.1 Å². The molecule has 0 saturated heterocycles. The Bertz CT molecular complexity index is 353. The summed E-state index contributed by atoms with van der Waals surface area (Å²) >= 11 is 4.25. The molecule has 1 heterocycles. The average molecular weight is 175 g/mol. The standard InChI is InChI=1S/C10H9NS/c12-10-7-3-5-8-4-1-2-6-9(8)11-10/h1-7,11-12H. The molecule has 0 aromatic heterocycles. The van der Waals surface area contributed by atoms with Crippen LogP contribution in [0.2, 0.25) is 0 Å². The minimum atomic E-state index is 0.871. The second-order valence-electron chi connectivity index (χ2n) is 2.62. The van der Waals surface area contributed by atoms with Crippen molar-refractivity contribution in [2.75, 3.05) is 5.32 Å². The first-order valence-corrected chi connectivity index (χ1v) is 4.24. The summed E-state index contributed by atoms with van der Waals surface area (Å²) < 4.78 is 0. The Morgan fingerprint density at radius 2 is 2.00 bits per heavy atom. The Balaban J connectivity index is 2.49. The van der Waals surface area contributed by atoms with Gasteiger partial charge in [-0.3, -0.25) is 0 Å². The Kier molecular flexibility index (Phi) is 1.92. The lowest BCUT2D eigenvalue weighted by atomic mass is 10.2. The third kappa shape index (κ3) is 1.38. The van der Waals surface area contributed by atoms with Crippen LogP contribution in [0, 0.1) is 0 Å². The van der Waals surface area contributed by atoms with Crippen LogP contribution in [0.5, 0.6) is 0 Å². The molecule has 0 unspecified atom stereocenters. The zero-order chi connectivity index (χ0) is 8.39. The van der Waals surface area contributed by atoms with E-state index in [4.69, 9.17) is 0 Å². The topological polar surface area (TPSA) is 12.0 Å². The number of hydrogen-bond donors (Lipinski definition) is 2. The van der Waals surface area contributed by atoms with Gasteiger partial charge >= 0.3 is 0 Å². The van der Waals surface area contributed by atoms with E-state index in [1.54, 1.807) is 0 Å². The van der Waals surface area contributed by atoms with Crippen molar-refractivity contribution in [1.29, 1.82) is 0 Å². The van der Waals surface area contributed by atoms with Crippen LogP contribution < -0.4 is 5.32 Å². The van der Waals surface area contributed by atoms with Gasteiger partial charge in [-0.25, -0.2) is 0 Å². The molecule has 1 N–H and O–H groups in total. The van der Waals surface area contributed by atoms with E-state index in [0.717, 1.165) is 10.7 Å². The first kappa shape index (κ1) is 7.50. The van der Waals surface area contributed by atoms with E-state index in [0.29, 0.717) is 0 Å². The van der Waals surface area contributed by atoms with Gasteiger partial charge in [-0.1, -0.05) is 30.4 Å². The van der Waals surface area contributed by atoms with Crippen molar-refractivity contribution in [1.82, 2.24) is 0 Å². The molecule has 1 aromatic carbocycles. The van der Waals surface area contributed by atoms with E-state index in [9.17, 15) is 0 Å². The fourth-order valence-electron chi connectivity index (χ4n) is 1.18. The third-order valence-corrected chi connectivity index (χ3v) is 2.01. The molecule has 0 amide bonds. The van der Waals surface area contributed by atoms with Crippen molar-refractivity contribution in [3.8, 4) is 0 Å². The van der Waals surface area contributed by atoms with Gasteiger partial charge in [-0.15, -0.1) is 12.6 Å². The van der Waals surface area contributed by atoms with Crippen LogP contribution in [0.4, 0.5) is 5.69 Å². The van der Waals surface area contributed by atoms with Crippen LogP contribution in [-0.2, 0) is 0 Å². The van der Waals surface area contributed by atoms with Gasteiger partial charge in [0.25, 0.3) is 0 Å². The number of allylic oxidation sites excluding steroid dienone is 2. The van der Waals surface area contributed by atoms with Crippen LogP contribution in [0.1, 0.15) is 5.56 Å². The Morgan fingerprint density at radius 3 is 2.92 bits per heavy atom. The molecular weight excluding hydrogens is 166 g/mol. The van der Waals surface area contributed by atoms with Crippen LogP contribution in [-0.4, -0.2) is 0 Å². The molecule has 0 atom stereocenters. The zero-order valence-electron chi connectivity index (χ0n) is 6.49. The van der Waals surface area contributed by atoms with Crippen LogP contribution in [0.3, 0.4) is 0 Å². The molecule has 60 valence electrons. The highest BCUT2D eigenvalue weighted by Crippen LogP contribution is 2.22. The van der Waals surface area contributed by atoms with Crippen LogP contribution in [0.15, 0.2) is 41.4 Å². The summed E-state index contributed by atoms with van der Waals surface area (Å²) in [6.45, 7) is 0. The molecule has 0 bridgehead atoms. The lowest BCUT2D eigenvalue weighted by Crippen LogP contribution is -1.93. The van der Waals surface area contributed by atoms with Crippen molar-refractivity contribution >= 4 is 24.4 Å². The van der Waals surface area contributed by atoms with Gasteiger partial charge in [0.05, 0.1) is 5.03 Å². The molecule has 1 aromatic rings. The quantitative estimate of drug-likeness (QED) is 0.578. The molecule has 12 heavy (non-hydrogen) atoms. The van der Waals surface area contributed by atoms with Crippen molar-refractivity contribution in [3.05, 3.63) is 47.0 Å². The molecule has 2 heteroatoms. The van der Waals surface area contributed by atoms with E-state index in [1.165, 1.54) is 5.56 Å². The lowest BCUT2D eigenvalue weighted by molar-refractivity contribution is 1.55. The molecule has 0 saturated carbocycles. The number of thiol groups is 1. The number of benzene rings is 1. The van der Waals surface area contributed by atoms with Gasteiger partial charge in [0, 0.05) is 5.69 Å². The van der Waals surface area contributed by atoms with Crippen LogP contribution in [0.25, 0.3) is 6.08 Å². The number of anilines is 1. The van der Waals surface area contributed by atoms with Gasteiger partial charge in [0.15, 0.2) is 0 Å². The monoisotopic (exact) mass is 175 g/mol. The highest BCUT2D eigenvalue weighted by molar-refractivity contribution is 7.84. The van der Waals surface area contributed by atoms with E-state index in [1.807, 2.05) is 30.4 Å². The number of para-hydroxylation sites is 1. The summed E-state index contributed by atoms with van der Waals surface area (Å²) in [4.78, 5) is 0. The first-order valence-electron chi connectivity index (χ1n) is 3.79. The molecule has 0 spiro atoms. The van der Waals surface area contributed by atoms with E-state index >= 15 is 0 Å². The Morgan fingerprint density at radius 1 is 1.17 bits per heavy atom. The predicted octanol–water partition coefficient (Wildman–Crippen LogP) is 2.90. The summed E-state index contributed by atoms with van der Waals surface area (Å²) in [5.41, 5.74) is 2.30. The molecule has 0 fully saturated rings. The molecule has 0 radical (unpaired) electrons. The highest BCUT2D eigenvalue weighted by atomic mass is 32.1. The number of rotatable bonds is 0. The van der Waals surface area contributed by atoms with Crippen molar-refractivity contribution in [2.45, 2.75) is 0 Å². The molecule has 1 nitrogen and oxygen atoms in total. The van der Waals surface area contributed by atoms with Gasteiger partial charge in [-0.2, -0.15) is 0 Å². The number of hydrogen-bond acceptors (Lipinski definition) is 2. The maximum atomic E-state index is 4.25. The molecule has 0 aliphatic carbocycles. The molecule has 1 aliphatic rings. The zero-order valence-corrected chi connectivity index (χ0v) is 7.38. The minimum absolute atomic E-state index is 0.871. The maximum Gasteiger partial charge on any atom is 0.0694 e. The first-order chi connectivity index (χ1) is 5.86. The highest BCUT2D eigenvalue weighted by Gasteiger charge is 2.00. The van der Waals surface area contributed by atoms with Crippen molar-refractivity contribution in [2.24, 2.45) is 0 Å². The summed E-state index contributed by atoms with van der Waals surface area (Å²) in [5, 5.41) is 4.06. The number of fused-ring (bicyclic) bond motifs is 1. The third-order valence-electron chi connectivity index (χ3n) is 1.75. The minimum Gasteiger partial charge on any atom is -0.350 e. The van der Waals surface area contributed by atoms with E-state index < -0.39 is 0 Å². The summed E-state index contributed by atoms with van der Waals surface area (Å²) in [6, 6.07) is 8.13. The smallest absolute Gasteiger partial charge is 0.0694 e. The summed E-state index contributed by atoms with van der Waals surface area (Å²) in [7, 11) is 0. The van der Waals surface area contributed by atoms with Gasteiger partial charge in [-0.05, 0) is 17.7 Å². The second-order valence-corrected chi connectivity index (χ2v) is 3.11. The maximum absolute atomic E-state index is 4.25. The summed E-state index contributed by atoms with van der Waals surface area (Å²) in [5.74, 6) is 0. The molecular formula is C10H9NS. The lowest BCUT2D eigenvalue weighted by Gasteiger charge is -2.05. The molecule has 1 aliphatic heterocycles. The van der Waals surface area contributed by atoms with Gasteiger partial charge in [0.1, 0.15) is 0 Å². The summed E-state index contributed by atoms with van der Waals surface area (Å²) in [6.07, 6.45) is 5.98. The van der Waals surface area contributed by atoms with E-state index in [-0.39, 0.29) is 0 Å². The SMILES string of the molecule is SC1=CC=Cc2ccccc2N1. The fourth-order valence-corrected chi connectivity index (χ4v) is 1.39. The average Bonchev–Trinajstić information content (AvgIpc) is 2.25. The van der Waals surface area contributed by atoms with Crippen molar-refractivity contribution < 1.29 is 0 Å². The Hall–Kier alpha value is -1.15. The van der Waals surface area contributed by atoms with Gasteiger partial charge in [0.2, 0.25) is 0 Å². The van der Waals surface area contributed by atoms with Gasteiger partial charge < -0.3 is 5.32 Å². The number of nitrogens with one attached hydrogen (secondary N) is 1. The molecule has 2 rings (SSSR count). The van der Waals surface area contributed by atoms with Crippen LogP contribution >= 0.6 is 12.6 Å². The normalized spacial score (nSPS) is 14.2. The second kappa shape index (κ2) is 3.07. The van der Waals surface area contributed by atoms with Crippen molar-refractivity contribution in [3.63, 3.8) is 0 Å². The predicted molar refractivity (Wildman–Crippen MR) is 56.2 cm³/mol. The Labute approximate surface area is 77.2 Å².